The van der Waals surface area contributed by atoms with Gasteiger partial charge in [-0.15, -0.1) is 0 Å². The lowest BCUT2D eigenvalue weighted by Crippen LogP contribution is -2.48. The summed E-state index contributed by atoms with van der Waals surface area (Å²) in [5.74, 6) is 0. The van der Waals surface area contributed by atoms with Crippen LogP contribution in [-0.4, -0.2) is 27.4 Å². The average molecular weight is 229 g/mol. The molecule has 2 N–H and O–H groups in total. The van der Waals surface area contributed by atoms with Crippen LogP contribution in [0.1, 0.15) is 19.3 Å². The van der Waals surface area contributed by atoms with Crippen LogP contribution in [0.15, 0.2) is 30.5 Å². The standard InChI is InChI=1S/C13H15N3O/c17-9-13(6-3-7-13)15-12-8-14-16-11-5-2-1-4-10(11)12/h1-2,4-5,8,17H,3,6-7,9H2,(H,15,16). The van der Waals surface area contributed by atoms with Crippen molar-refractivity contribution in [3.05, 3.63) is 30.5 Å². The Morgan fingerprint density at radius 2 is 2.12 bits per heavy atom. The summed E-state index contributed by atoms with van der Waals surface area (Å²) in [5.41, 5.74) is 1.69. The lowest BCUT2D eigenvalue weighted by atomic mass is 9.77. The van der Waals surface area contributed by atoms with Crippen LogP contribution in [0.2, 0.25) is 0 Å². The van der Waals surface area contributed by atoms with Gasteiger partial charge in [-0.05, 0) is 25.3 Å². The third-order valence-electron chi connectivity index (χ3n) is 3.56. The van der Waals surface area contributed by atoms with Crippen LogP contribution in [0.25, 0.3) is 10.9 Å². The number of benzene rings is 1. The predicted octanol–water partition coefficient (Wildman–Crippen LogP) is 1.96. The number of hydrogen-bond donors (Lipinski definition) is 2. The second-order valence-electron chi connectivity index (χ2n) is 4.69. The lowest BCUT2D eigenvalue weighted by molar-refractivity contribution is 0.144. The summed E-state index contributed by atoms with van der Waals surface area (Å²) in [4.78, 5) is 0. The number of aliphatic hydroxyl groups excluding tert-OH is 1. The van der Waals surface area contributed by atoms with Gasteiger partial charge in [0.25, 0.3) is 0 Å². The number of aromatic nitrogens is 2. The fourth-order valence-electron chi connectivity index (χ4n) is 2.32. The summed E-state index contributed by atoms with van der Waals surface area (Å²) in [6, 6.07) is 7.91. The number of hydrogen-bond acceptors (Lipinski definition) is 4. The zero-order valence-electron chi connectivity index (χ0n) is 9.56. The van der Waals surface area contributed by atoms with E-state index in [2.05, 4.69) is 15.5 Å². The molecule has 0 radical (unpaired) electrons. The molecule has 1 fully saturated rings. The number of anilines is 1. The quantitative estimate of drug-likeness (QED) is 0.844. The van der Waals surface area contributed by atoms with Crippen molar-refractivity contribution in [1.29, 1.82) is 0 Å². The van der Waals surface area contributed by atoms with Gasteiger partial charge in [0.05, 0.1) is 29.5 Å². The molecule has 0 aliphatic heterocycles. The highest BCUT2D eigenvalue weighted by atomic mass is 16.3. The third kappa shape index (κ3) is 1.74. The van der Waals surface area contributed by atoms with E-state index in [0.717, 1.165) is 29.4 Å². The lowest BCUT2D eigenvalue weighted by Gasteiger charge is -2.41. The molecule has 1 heterocycles. The maximum Gasteiger partial charge on any atom is 0.0950 e. The molecule has 0 saturated heterocycles. The van der Waals surface area contributed by atoms with E-state index < -0.39 is 0 Å². The highest BCUT2D eigenvalue weighted by Gasteiger charge is 2.36. The zero-order valence-corrected chi connectivity index (χ0v) is 9.56. The van der Waals surface area contributed by atoms with Crippen molar-refractivity contribution in [2.24, 2.45) is 0 Å². The Morgan fingerprint density at radius 1 is 1.29 bits per heavy atom. The van der Waals surface area contributed by atoms with E-state index in [4.69, 9.17) is 0 Å². The second kappa shape index (κ2) is 3.96. The monoisotopic (exact) mass is 229 g/mol. The molecule has 0 spiro atoms. The normalized spacial score (nSPS) is 17.7. The van der Waals surface area contributed by atoms with Crippen molar-refractivity contribution in [3.8, 4) is 0 Å². The van der Waals surface area contributed by atoms with Gasteiger partial charge in [0, 0.05) is 5.39 Å². The first kappa shape index (κ1) is 10.5. The van der Waals surface area contributed by atoms with E-state index in [1.165, 1.54) is 6.42 Å². The average Bonchev–Trinajstić information content (AvgIpc) is 2.34. The number of nitrogens with one attached hydrogen (secondary N) is 1. The van der Waals surface area contributed by atoms with E-state index >= 15 is 0 Å². The van der Waals surface area contributed by atoms with Gasteiger partial charge in [0.15, 0.2) is 0 Å². The van der Waals surface area contributed by atoms with Gasteiger partial charge in [0.1, 0.15) is 0 Å². The van der Waals surface area contributed by atoms with Crippen LogP contribution in [0, 0.1) is 0 Å². The molecule has 1 saturated carbocycles. The summed E-state index contributed by atoms with van der Waals surface area (Å²) in [6.07, 6.45) is 4.93. The first-order chi connectivity index (χ1) is 8.33. The zero-order chi connectivity index (χ0) is 11.7. The minimum Gasteiger partial charge on any atom is -0.394 e. The molecule has 0 atom stereocenters. The summed E-state index contributed by atoms with van der Waals surface area (Å²) in [7, 11) is 0. The molecule has 0 bridgehead atoms. The maximum absolute atomic E-state index is 9.47. The second-order valence-corrected chi connectivity index (χ2v) is 4.69. The molecule has 88 valence electrons. The van der Waals surface area contributed by atoms with Crippen molar-refractivity contribution in [2.75, 3.05) is 11.9 Å². The molecule has 4 nitrogen and oxygen atoms in total. The molecule has 1 aliphatic carbocycles. The molecule has 0 unspecified atom stereocenters. The molecule has 17 heavy (non-hydrogen) atoms. The highest BCUT2D eigenvalue weighted by Crippen LogP contribution is 2.36. The van der Waals surface area contributed by atoms with Gasteiger partial charge in [-0.25, -0.2) is 0 Å². The molecular weight excluding hydrogens is 214 g/mol. The highest BCUT2D eigenvalue weighted by molar-refractivity contribution is 5.90. The number of aliphatic hydroxyl groups is 1. The van der Waals surface area contributed by atoms with E-state index in [9.17, 15) is 5.11 Å². The minimum absolute atomic E-state index is 0.147. The van der Waals surface area contributed by atoms with Gasteiger partial charge < -0.3 is 10.4 Å². The molecular formula is C13H15N3O. The van der Waals surface area contributed by atoms with Crippen LogP contribution in [0.5, 0.6) is 0 Å². The van der Waals surface area contributed by atoms with Gasteiger partial charge in [-0.3, -0.25) is 0 Å². The Balaban J connectivity index is 2.00. The van der Waals surface area contributed by atoms with E-state index in [1.54, 1.807) is 6.20 Å². The molecule has 2 aromatic rings. The van der Waals surface area contributed by atoms with Crippen LogP contribution in [0.3, 0.4) is 0 Å². The molecule has 1 aliphatic rings. The fourth-order valence-corrected chi connectivity index (χ4v) is 2.32. The molecule has 4 heteroatoms. The first-order valence-electron chi connectivity index (χ1n) is 5.92. The smallest absolute Gasteiger partial charge is 0.0950 e. The Bertz CT molecular complexity index is 526. The van der Waals surface area contributed by atoms with E-state index in [0.29, 0.717) is 0 Å². The fraction of sp³-hybridized carbons (Fsp3) is 0.385. The van der Waals surface area contributed by atoms with Gasteiger partial charge in [-0.1, -0.05) is 18.2 Å². The molecule has 3 rings (SSSR count). The van der Waals surface area contributed by atoms with E-state index in [-0.39, 0.29) is 12.1 Å². The van der Waals surface area contributed by atoms with Crippen molar-refractivity contribution in [3.63, 3.8) is 0 Å². The van der Waals surface area contributed by atoms with Crippen LogP contribution in [0.4, 0.5) is 5.69 Å². The Hall–Kier alpha value is -1.68. The van der Waals surface area contributed by atoms with E-state index in [1.807, 2.05) is 24.3 Å². The van der Waals surface area contributed by atoms with Gasteiger partial charge >= 0.3 is 0 Å². The van der Waals surface area contributed by atoms with Crippen LogP contribution in [-0.2, 0) is 0 Å². The Morgan fingerprint density at radius 3 is 2.82 bits per heavy atom. The van der Waals surface area contributed by atoms with Crippen molar-refractivity contribution in [1.82, 2.24) is 10.2 Å². The summed E-state index contributed by atoms with van der Waals surface area (Å²) < 4.78 is 0. The van der Waals surface area contributed by atoms with Crippen LogP contribution >= 0.6 is 0 Å². The topological polar surface area (TPSA) is 58.0 Å². The maximum atomic E-state index is 9.47. The number of nitrogens with zero attached hydrogens (tertiary/aromatic N) is 2. The third-order valence-corrected chi connectivity index (χ3v) is 3.56. The predicted molar refractivity (Wildman–Crippen MR) is 66.8 cm³/mol. The Kier molecular flexibility index (Phi) is 2.44. The van der Waals surface area contributed by atoms with Crippen molar-refractivity contribution < 1.29 is 5.11 Å². The summed E-state index contributed by atoms with van der Waals surface area (Å²) in [5, 5.41) is 22.0. The minimum atomic E-state index is -0.147. The molecule has 0 amide bonds. The van der Waals surface area contributed by atoms with Crippen molar-refractivity contribution >= 4 is 16.6 Å². The molecule has 1 aromatic heterocycles. The Labute approximate surface area is 99.7 Å². The number of rotatable bonds is 3. The molecule has 1 aromatic carbocycles. The SMILES string of the molecule is OCC1(Nc2cnnc3ccccc23)CCC1. The number of fused-ring (bicyclic) bond motifs is 1. The largest absolute Gasteiger partial charge is 0.394 e. The first-order valence-corrected chi connectivity index (χ1v) is 5.92. The van der Waals surface area contributed by atoms with Crippen molar-refractivity contribution in [2.45, 2.75) is 24.8 Å². The van der Waals surface area contributed by atoms with Gasteiger partial charge in [0.2, 0.25) is 0 Å². The summed E-state index contributed by atoms with van der Waals surface area (Å²) in [6.45, 7) is 0.170. The van der Waals surface area contributed by atoms with Crippen LogP contribution < -0.4 is 5.32 Å². The van der Waals surface area contributed by atoms with Gasteiger partial charge in [-0.2, -0.15) is 10.2 Å². The summed E-state index contributed by atoms with van der Waals surface area (Å²) >= 11 is 0.